The zero-order valence-electron chi connectivity index (χ0n) is 9.00. The first kappa shape index (κ1) is 10.6. The van der Waals surface area contributed by atoms with Gasteiger partial charge in [0.05, 0.1) is 0 Å². The summed E-state index contributed by atoms with van der Waals surface area (Å²) in [5.74, 6) is 0.847. The van der Waals surface area contributed by atoms with Gasteiger partial charge in [-0.2, -0.15) is 4.98 Å². The van der Waals surface area contributed by atoms with E-state index in [4.69, 9.17) is 5.73 Å². The number of H-pyrrole nitrogens is 2. The van der Waals surface area contributed by atoms with Gasteiger partial charge in [-0.05, 0) is 20.0 Å². The van der Waals surface area contributed by atoms with Crippen LogP contribution in [0.25, 0.3) is 11.2 Å². The largest absolute Gasteiger partial charge is 0.369 e. The van der Waals surface area contributed by atoms with Gasteiger partial charge in [0.15, 0.2) is 11.2 Å². The van der Waals surface area contributed by atoms with Crippen LogP contribution in [0.3, 0.4) is 0 Å². The van der Waals surface area contributed by atoms with Crippen LogP contribution in [0.15, 0.2) is 4.79 Å². The summed E-state index contributed by atoms with van der Waals surface area (Å²) in [7, 11) is 1.89. The predicted molar refractivity (Wildman–Crippen MR) is 61.2 cm³/mol. The Hall–Kier alpha value is -1.89. The van der Waals surface area contributed by atoms with Crippen molar-refractivity contribution < 1.29 is 0 Å². The van der Waals surface area contributed by atoms with E-state index >= 15 is 0 Å². The van der Waals surface area contributed by atoms with Crippen LogP contribution in [0.1, 0.15) is 12.2 Å². The SMILES string of the molecule is CNCCCc1nc2nc(N)[nH]c(=O)c2[nH]1. The topological polar surface area (TPSA) is 112 Å². The molecule has 0 amide bonds. The van der Waals surface area contributed by atoms with Crippen molar-refractivity contribution in [3.63, 3.8) is 0 Å². The molecule has 2 rings (SSSR count). The van der Waals surface area contributed by atoms with Crippen LogP contribution in [0.4, 0.5) is 5.95 Å². The molecule has 7 nitrogen and oxygen atoms in total. The standard InChI is InChI=1S/C9H14N6O/c1-11-4-2-3-5-12-6-7(13-5)14-9(10)15-8(6)16/h11H,2-4H2,1H3,(H4,10,12,13,14,15,16). The lowest BCUT2D eigenvalue weighted by Gasteiger charge is -1.95. The van der Waals surface area contributed by atoms with E-state index in [-0.39, 0.29) is 11.5 Å². The van der Waals surface area contributed by atoms with Crippen molar-refractivity contribution >= 4 is 17.1 Å². The molecule has 0 aliphatic rings. The number of anilines is 1. The molecule has 2 heterocycles. The normalized spacial score (nSPS) is 11.1. The van der Waals surface area contributed by atoms with Crippen molar-refractivity contribution in [2.24, 2.45) is 0 Å². The number of nitrogens with one attached hydrogen (secondary N) is 3. The fourth-order valence-corrected chi connectivity index (χ4v) is 1.52. The average Bonchev–Trinajstić information content (AvgIpc) is 2.61. The molecular formula is C9H14N6O. The van der Waals surface area contributed by atoms with E-state index in [1.807, 2.05) is 7.05 Å². The molecule has 16 heavy (non-hydrogen) atoms. The van der Waals surface area contributed by atoms with Gasteiger partial charge in [0, 0.05) is 6.42 Å². The van der Waals surface area contributed by atoms with Crippen molar-refractivity contribution in [3.8, 4) is 0 Å². The molecule has 86 valence electrons. The summed E-state index contributed by atoms with van der Waals surface area (Å²) in [6, 6.07) is 0. The number of nitrogens with two attached hydrogens (primary N) is 1. The fraction of sp³-hybridized carbons (Fsp3) is 0.444. The minimum atomic E-state index is -0.283. The Morgan fingerprint density at radius 1 is 1.38 bits per heavy atom. The molecule has 2 aromatic rings. The number of aromatic amines is 2. The van der Waals surface area contributed by atoms with Crippen LogP contribution in [-0.2, 0) is 6.42 Å². The number of imidazole rings is 1. The Morgan fingerprint density at radius 2 is 2.19 bits per heavy atom. The van der Waals surface area contributed by atoms with Crippen molar-refractivity contribution in [1.82, 2.24) is 25.3 Å². The Balaban J connectivity index is 2.29. The molecule has 2 aromatic heterocycles. The van der Waals surface area contributed by atoms with Crippen LogP contribution >= 0.6 is 0 Å². The molecular weight excluding hydrogens is 208 g/mol. The van der Waals surface area contributed by atoms with Gasteiger partial charge < -0.3 is 16.0 Å². The maximum Gasteiger partial charge on any atom is 0.278 e. The average molecular weight is 222 g/mol. The maximum atomic E-state index is 11.5. The summed E-state index contributed by atoms with van der Waals surface area (Å²) in [5, 5.41) is 3.05. The number of fused-ring (bicyclic) bond motifs is 1. The minimum Gasteiger partial charge on any atom is -0.369 e. The number of nitrogen functional groups attached to an aromatic ring is 1. The van der Waals surface area contributed by atoms with Gasteiger partial charge in [0.2, 0.25) is 5.95 Å². The van der Waals surface area contributed by atoms with Crippen molar-refractivity contribution in [1.29, 1.82) is 0 Å². The van der Waals surface area contributed by atoms with E-state index in [1.165, 1.54) is 0 Å². The van der Waals surface area contributed by atoms with Crippen molar-refractivity contribution in [3.05, 3.63) is 16.2 Å². The van der Waals surface area contributed by atoms with E-state index in [0.29, 0.717) is 11.2 Å². The molecule has 0 fully saturated rings. The Morgan fingerprint density at radius 3 is 2.94 bits per heavy atom. The number of aromatic nitrogens is 4. The first-order chi connectivity index (χ1) is 7.70. The first-order valence-electron chi connectivity index (χ1n) is 5.09. The van der Waals surface area contributed by atoms with Crippen LogP contribution < -0.4 is 16.6 Å². The summed E-state index contributed by atoms with van der Waals surface area (Å²) >= 11 is 0. The second kappa shape index (κ2) is 4.31. The highest BCUT2D eigenvalue weighted by Gasteiger charge is 2.07. The van der Waals surface area contributed by atoms with Gasteiger partial charge in [0.1, 0.15) is 5.82 Å². The lowest BCUT2D eigenvalue weighted by atomic mass is 10.3. The first-order valence-corrected chi connectivity index (χ1v) is 5.09. The molecule has 7 heteroatoms. The van der Waals surface area contributed by atoms with E-state index < -0.39 is 0 Å². The van der Waals surface area contributed by atoms with Gasteiger partial charge in [-0.15, -0.1) is 0 Å². The zero-order chi connectivity index (χ0) is 11.5. The number of nitrogens with zero attached hydrogens (tertiary/aromatic N) is 2. The van der Waals surface area contributed by atoms with E-state index in [1.54, 1.807) is 0 Å². The predicted octanol–water partition coefficient (Wildman–Crippen LogP) is -0.620. The molecule has 5 N–H and O–H groups in total. The van der Waals surface area contributed by atoms with Gasteiger partial charge >= 0.3 is 0 Å². The van der Waals surface area contributed by atoms with E-state index in [2.05, 4.69) is 25.3 Å². The minimum absolute atomic E-state index is 0.0887. The van der Waals surface area contributed by atoms with Crippen LogP contribution in [0, 0.1) is 0 Å². The lowest BCUT2D eigenvalue weighted by molar-refractivity contribution is 0.708. The third-order valence-corrected chi connectivity index (χ3v) is 2.27. The molecule has 0 bridgehead atoms. The van der Waals surface area contributed by atoms with Gasteiger partial charge in [-0.1, -0.05) is 0 Å². The lowest BCUT2D eigenvalue weighted by Crippen LogP contribution is -2.11. The van der Waals surface area contributed by atoms with E-state index in [0.717, 1.165) is 25.2 Å². The molecule has 0 aromatic carbocycles. The second-order valence-corrected chi connectivity index (χ2v) is 3.54. The van der Waals surface area contributed by atoms with Gasteiger partial charge in [-0.3, -0.25) is 9.78 Å². The highest BCUT2D eigenvalue weighted by atomic mass is 16.1. The summed E-state index contributed by atoms with van der Waals surface area (Å²) < 4.78 is 0. The third-order valence-electron chi connectivity index (χ3n) is 2.27. The number of rotatable bonds is 4. The molecule has 0 saturated heterocycles. The summed E-state index contributed by atoms with van der Waals surface area (Å²) in [4.78, 5) is 25.0. The Bertz CT molecular complexity index is 542. The molecule has 0 unspecified atom stereocenters. The van der Waals surface area contributed by atoms with Crippen LogP contribution in [-0.4, -0.2) is 33.5 Å². The third kappa shape index (κ3) is 2.03. The number of aryl methyl sites for hydroxylation is 1. The maximum absolute atomic E-state index is 11.5. The molecule has 0 atom stereocenters. The Kier molecular flexibility index (Phi) is 2.86. The molecule has 0 saturated carbocycles. The molecule has 0 aliphatic carbocycles. The summed E-state index contributed by atoms with van der Waals surface area (Å²) in [5.41, 5.74) is 5.90. The van der Waals surface area contributed by atoms with E-state index in [9.17, 15) is 4.79 Å². The second-order valence-electron chi connectivity index (χ2n) is 3.54. The summed E-state index contributed by atoms with van der Waals surface area (Å²) in [6.07, 6.45) is 1.72. The Labute approximate surface area is 91.5 Å². The fourth-order valence-electron chi connectivity index (χ4n) is 1.52. The number of hydrogen-bond donors (Lipinski definition) is 4. The monoisotopic (exact) mass is 222 g/mol. The molecule has 0 aliphatic heterocycles. The van der Waals surface area contributed by atoms with Gasteiger partial charge in [-0.25, -0.2) is 4.98 Å². The van der Waals surface area contributed by atoms with Crippen molar-refractivity contribution in [2.75, 3.05) is 19.3 Å². The molecule has 0 spiro atoms. The van der Waals surface area contributed by atoms with Crippen LogP contribution in [0.2, 0.25) is 0 Å². The zero-order valence-corrected chi connectivity index (χ0v) is 9.00. The smallest absolute Gasteiger partial charge is 0.278 e. The summed E-state index contributed by atoms with van der Waals surface area (Å²) in [6.45, 7) is 0.906. The quantitative estimate of drug-likeness (QED) is 0.515. The highest BCUT2D eigenvalue weighted by molar-refractivity contribution is 5.70. The van der Waals surface area contributed by atoms with Gasteiger partial charge in [0.25, 0.3) is 5.56 Å². The highest BCUT2D eigenvalue weighted by Crippen LogP contribution is 2.06. The number of hydrogen-bond acceptors (Lipinski definition) is 5. The molecule has 0 radical (unpaired) electrons. The van der Waals surface area contributed by atoms with Crippen LogP contribution in [0.5, 0.6) is 0 Å². The van der Waals surface area contributed by atoms with Crippen molar-refractivity contribution in [2.45, 2.75) is 12.8 Å².